The Morgan fingerprint density at radius 3 is 2.00 bits per heavy atom. The van der Waals surface area contributed by atoms with Crippen LogP contribution in [-0.2, 0) is 23.6 Å². The number of aryl methyl sites for hydroxylation is 1. The summed E-state index contributed by atoms with van der Waals surface area (Å²) in [6.45, 7) is 1.26. The Kier molecular flexibility index (Phi) is 4.57. The van der Waals surface area contributed by atoms with Crippen molar-refractivity contribution in [3.8, 4) is 0 Å². The van der Waals surface area contributed by atoms with Crippen LogP contribution in [0.15, 0.2) is 12.1 Å². The molecule has 0 bridgehead atoms. The van der Waals surface area contributed by atoms with Crippen LogP contribution in [0.3, 0.4) is 0 Å². The lowest BCUT2D eigenvalue weighted by Gasteiger charge is -2.21. The van der Waals surface area contributed by atoms with Crippen LogP contribution in [0.2, 0.25) is 0 Å². The van der Waals surface area contributed by atoms with Crippen LogP contribution in [0, 0.1) is 0 Å². The average molecular weight is 316 g/mol. The van der Waals surface area contributed by atoms with Gasteiger partial charge in [0.25, 0.3) is 0 Å². The maximum absolute atomic E-state index is 12.9. The maximum atomic E-state index is 12.9. The van der Waals surface area contributed by atoms with E-state index >= 15 is 0 Å². The van der Waals surface area contributed by atoms with E-state index in [4.69, 9.17) is 5.11 Å². The zero-order valence-corrected chi connectivity index (χ0v) is 10.5. The first-order valence-corrected chi connectivity index (χ1v) is 5.61. The van der Waals surface area contributed by atoms with Crippen molar-refractivity contribution < 1.29 is 41.4 Å². The molecule has 0 amide bonds. The molecule has 0 aromatic heterocycles. The van der Waals surface area contributed by atoms with E-state index < -0.39 is 46.7 Å². The highest BCUT2D eigenvalue weighted by atomic mass is 19.4. The van der Waals surface area contributed by atoms with Gasteiger partial charge in [0.15, 0.2) is 6.10 Å². The first-order chi connectivity index (χ1) is 9.39. The molecule has 1 unspecified atom stereocenters. The van der Waals surface area contributed by atoms with E-state index in [0.717, 1.165) is 0 Å². The van der Waals surface area contributed by atoms with E-state index in [1.165, 1.54) is 6.92 Å². The SMILES string of the molecule is CCc1cc(C(F)(F)F)cc(C(F)(F)F)c1C(O)C(=O)O. The Morgan fingerprint density at radius 1 is 1.14 bits per heavy atom. The second-order valence-corrected chi connectivity index (χ2v) is 4.19. The van der Waals surface area contributed by atoms with E-state index in [9.17, 15) is 36.2 Å². The third kappa shape index (κ3) is 3.66. The summed E-state index contributed by atoms with van der Waals surface area (Å²) >= 11 is 0. The number of carbonyl (C=O) groups is 1. The molecule has 1 atom stereocenters. The predicted octanol–water partition coefficient (Wildman–Crippen LogP) is 3.40. The number of halogens is 6. The zero-order chi connectivity index (χ0) is 16.6. The van der Waals surface area contributed by atoms with Gasteiger partial charge in [-0.3, -0.25) is 0 Å². The summed E-state index contributed by atoms with van der Waals surface area (Å²) < 4.78 is 76.5. The summed E-state index contributed by atoms with van der Waals surface area (Å²) in [6, 6.07) is 0.220. The fourth-order valence-electron chi connectivity index (χ4n) is 1.85. The lowest BCUT2D eigenvalue weighted by molar-refractivity contribution is -0.149. The predicted molar refractivity (Wildman–Crippen MR) is 58.4 cm³/mol. The van der Waals surface area contributed by atoms with Crippen molar-refractivity contribution >= 4 is 5.97 Å². The monoisotopic (exact) mass is 316 g/mol. The minimum absolute atomic E-state index is 0.194. The molecule has 0 saturated carbocycles. The molecule has 118 valence electrons. The summed E-state index contributed by atoms with van der Waals surface area (Å²) in [5.41, 5.74) is -4.94. The van der Waals surface area contributed by atoms with Gasteiger partial charge < -0.3 is 10.2 Å². The van der Waals surface area contributed by atoms with Gasteiger partial charge in [0.05, 0.1) is 11.1 Å². The molecule has 0 saturated heterocycles. The first kappa shape index (κ1) is 17.3. The lowest BCUT2D eigenvalue weighted by Crippen LogP contribution is -2.21. The number of hydrogen-bond donors (Lipinski definition) is 2. The third-order valence-electron chi connectivity index (χ3n) is 2.79. The van der Waals surface area contributed by atoms with Gasteiger partial charge in [-0.05, 0) is 24.1 Å². The highest BCUT2D eigenvalue weighted by Crippen LogP contribution is 2.41. The van der Waals surface area contributed by atoms with Gasteiger partial charge in [-0.25, -0.2) is 4.79 Å². The molecule has 3 nitrogen and oxygen atoms in total. The second-order valence-electron chi connectivity index (χ2n) is 4.19. The highest BCUT2D eigenvalue weighted by molar-refractivity contribution is 5.75. The van der Waals surface area contributed by atoms with E-state index in [-0.39, 0.29) is 12.5 Å². The molecule has 9 heteroatoms. The number of benzene rings is 1. The van der Waals surface area contributed by atoms with Gasteiger partial charge in [0.1, 0.15) is 0 Å². The van der Waals surface area contributed by atoms with Gasteiger partial charge in [0.2, 0.25) is 0 Å². The van der Waals surface area contributed by atoms with Crippen molar-refractivity contribution in [2.45, 2.75) is 31.8 Å². The normalized spacial score (nSPS) is 14.1. The molecule has 0 fully saturated rings. The van der Waals surface area contributed by atoms with Crippen LogP contribution in [0.5, 0.6) is 0 Å². The van der Waals surface area contributed by atoms with E-state index in [0.29, 0.717) is 6.07 Å². The average Bonchev–Trinajstić information content (AvgIpc) is 2.33. The van der Waals surface area contributed by atoms with Crippen molar-refractivity contribution in [2.75, 3.05) is 0 Å². The number of rotatable bonds is 3. The van der Waals surface area contributed by atoms with Crippen molar-refractivity contribution in [3.05, 3.63) is 34.4 Å². The topological polar surface area (TPSA) is 57.5 Å². The molecule has 1 rings (SSSR count). The molecule has 0 aliphatic carbocycles. The van der Waals surface area contributed by atoms with Gasteiger partial charge in [-0.15, -0.1) is 0 Å². The van der Waals surface area contributed by atoms with Crippen molar-refractivity contribution in [1.82, 2.24) is 0 Å². The number of alkyl halides is 6. The molecule has 0 aliphatic heterocycles. The van der Waals surface area contributed by atoms with Crippen LogP contribution < -0.4 is 0 Å². The Hall–Kier alpha value is -1.77. The number of aliphatic hydroxyl groups excluding tert-OH is 1. The fourth-order valence-corrected chi connectivity index (χ4v) is 1.85. The number of aliphatic carboxylic acids is 1. The summed E-state index contributed by atoms with van der Waals surface area (Å²) in [7, 11) is 0. The number of carboxylic acid groups (broad SMARTS) is 1. The Morgan fingerprint density at radius 2 is 1.67 bits per heavy atom. The largest absolute Gasteiger partial charge is 0.479 e. The lowest BCUT2D eigenvalue weighted by atomic mass is 9.91. The molecule has 2 N–H and O–H groups in total. The fraction of sp³-hybridized carbons (Fsp3) is 0.417. The molecular formula is C12H10F6O3. The van der Waals surface area contributed by atoms with Crippen molar-refractivity contribution in [1.29, 1.82) is 0 Å². The molecule has 1 aromatic rings. The van der Waals surface area contributed by atoms with Crippen LogP contribution in [0.1, 0.15) is 35.3 Å². The summed E-state index contributed by atoms with van der Waals surface area (Å²) in [5, 5.41) is 18.0. The summed E-state index contributed by atoms with van der Waals surface area (Å²) in [6.07, 6.45) is -13.1. The molecular weight excluding hydrogens is 306 g/mol. The molecule has 0 spiro atoms. The number of hydrogen-bond acceptors (Lipinski definition) is 2. The number of carboxylic acids is 1. The standard InChI is InChI=1S/C12H10F6O3/c1-2-5-3-6(11(13,14)15)4-7(12(16,17)18)8(5)9(19)10(20)21/h3-4,9,19H,2H2,1H3,(H,20,21). The van der Waals surface area contributed by atoms with Gasteiger partial charge in [-0.2, -0.15) is 26.3 Å². The van der Waals surface area contributed by atoms with Crippen LogP contribution >= 0.6 is 0 Å². The Balaban J connectivity index is 3.73. The molecule has 1 aromatic carbocycles. The molecule has 0 aliphatic rings. The second kappa shape index (κ2) is 5.55. The molecule has 0 heterocycles. The minimum atomic E-state index is -5.23. The van der Waals surface area contributed by atoms with Crippen molar-refractivity contribution in [3.63, 3.8) is 0 Å². The third-order valence-corrected chi connectivity index (χ3v) is 2.79. The van der Waals surface area contributed by atoms with E-state index in [1.807, 2.05) is 0 Å². The van der Waals surface area contributed by atoms with Crippen LogP contribution in [-0.4, -0.2) is 16.2 Å². The Labute approximate surface area is 114 Å². The van der Waals surface area contributed by atoms with Gasteiger partial charge >= 0.3 is 18.3 Å². The maximum Gasteiger partial charge on any atom is 0.416 e. The first-order valence-electron chi connectivity index (χ1n) is 5.61. The zero-order valence-electron chi connectivity index (χ0n) is 10.5. The van der Waals surface area contributed by atoms with Crippen molar-refractivity contribution in [2.24, 2.45) is 0 Å². The van der Waals surface area contributed by atoms with E-state index in [1.54, 1.807) is 0 Å². The summed E-state index contributed by atoms with van der Waals surface area (Å²) in [4.78, 5) is 10.7. The minimum Gasteiger partial charge on any atom is -0.479 e. The van der Waals surface area contributed by atoms with Gasteiger partial charge in [0, 0.05) is 5.56 Å². The van der Waals surface area contributed by atoms with Crippen LogP contribution in [0.25, 0.3) is 0 Å². The molecule has 21 heavy (non-hydrogen) atoms. The van der Waals surface area contributed by atoms with Crippen LogP contribution in [0.4, 0.5) is 26.3 Å². The summed E-state index contributed by atoms with van der Waals surface area (Å²) in [5.74, 6) is -1.98. The molecule has 0 radical (unpaired) electrons. The highest BCUT2D eigenvalue weighted by Gasteiger charge is 2.41. The smallest absolute Gasteiger partial charge is 0.416 e. The quantitative estimate of drug-likeness (QED) is 0.840. The number of aliphatic hydroxyl groups is 1. The van der Waals surface area contributed by atoms with E-state index in [2.05, 4.69) is 0 Å². The van der Waals surface area contributed by atoms with Gasteiger partial charge in [-0.1, -0.05) is 6.92 Å². The Bertz CT molecular complexity index is 547.